The first-order valence-electron chi connectivity index (χ1n) is 10.6. The molecule has 0 spiro atoms. The predicted octanol–water partition coefficient (Wildman–Crippen LogP) is 4.33. The lowest BCUT2D eigenvalue weighted by Gasteiger charge is -2.59. The van der Waals surface area contributed by atoms with Crippen LogP contribution in [0.4, 0.5) is 4.39 Å². The molecule has 2 N–H and O–H groups in total. The van der Waals surface area contributed by atoms with E-state index in [1.54, 1.807) is 18.2 Å². The number of halogens is 1. The second-order valence-electron chi connectivity index (χ2n) is 9.55. The van der Waals surface area contributed by atoms with Crippen molar-refractivity contribution in [2.24, 2.45) is 41.9 Å². The van der Waals surface area contributed by atoms with Crippen LogP contribution in [0.2, 0.25) is 0 Å². The second kappa shape index (κ2) is 6.54. The molecule has 4 bridgehead atoms. The van der Waals surface area contributed by atoms with Crippen LogP contribution in [0.1, 0.15) is 49.0 Å². The zero-order chi connectivity index (χ0) is 20.3. The molecular formula is C24H27FN2O2. The second-order valence-corrected chi connectivity index (χ2v) is 9.55. The summed E-state index contributed by atoms with van der Waals surface area (Å²) >= 11 is 0. The fourth-order valence-corrected chi connectivity index (χ4v) is 6.81. The minimum atomic E-state index is -0.320. The van der Waals surface area contributed by atoms with Crippen molar-refractivity contribution in [2.45, 2.75) is 38.5 Å². The van der Waals surface area contributed by atoms with Crippen LogP contribution in [0.5, 0.6) is 0 Å². The van der Waals surface area contributed by atoms with Gasteiger partial charge in [0.05, 0.1) is 11.4 Å². The van der Waals surface area contributed by atoms with Crippen LogP contribution in [-0.4, -0.2) is 16.3 Å². The van der Waals surface area contributed by atoms with Crippen molar-refractivity contribution in [3.05, 3.63) is 47.9 Å². The van der Waals surface area contributed by atoms with Crippen LogP contribution in [0.15, 0.2) is 36.4 Å². The maximum Gasteiger partial charge on any atom is 0.223 e. The van der Waals surface area contributed by atoms with Crippen LogP contribution < -0.4 is 5.73 Å². The van der Waals surface area contributed by atoms with Crippen molar-refractivity contribution in [1.82, 2.24) is 4.57 Å². The Morgan fingerprint density at radius 3 is 2.45 bits per heavy atom. The molecule has 1 aromatic carbocycles. The van der Waals surface area contributed by atoms with Crippen LogP contribution >= 0.6 is 0 Å². The molecule has 4 fully saturated rings. The van der Waals surface area contributed by atoms with E-state index in [1.807, 2.05) is 23.7 Å². The lowest BCUT2D eigenvalue weighted by Crippen LogP contribution is -2.56. The molecule has 1 heterocycles. The molecule has 0 saturated heterocycles. The van der Waals surface area contributed by atoms with Gasteiger partial charge in [-0.2, -0.15) is 0 Å². The largest absolute Gasteiger partial charge is 0.369 e. The minimum Gasteiger partial charge on any atom is -0.369 e. The first-order chi connectivity index (χ1) is 13.9. The molecular weight excluding hydrogens is 367 g/mol. The van der Waals surface area contributed by atoms with E-state index in [2.05, 4.69) is 0 Å². The zero-order valence-corrected chi connectivity index (χ0v) is 16.7. The lowest BCUT2D eigenvalue weighted by molar-refractivity contribution is -0.149. The van der Waals surface area contributed by atoms with Gasteiger partial charge in [-0.3, -0.25) is 9.59 Å². The van der Waals surface area contributed by atoms with E-state index >= 15 is 0 Å². The highest BCUT2D eigenvalue weighted by molar-refractivity contribution is 5.96. The Morgan fingerprint density at radius 2 is 1.79 bits per heavy atom. The topological polar surface area (TPSA) is 65.1 Å². The van der Waals surface area contributed by atoms with Gasteiger partial charge in [0, 0.05) is 24.4 Å². The van der Waals surface area contributed by atoms with Crippen molar-refractivity contribution >= 4 is 11.7 Å². The van der Waals surface area contributed by atoms with Gasteiger partial charge in [0.25, 0.3) is 0 Å². The maximum absolute atomic E-state index is 14.2. The van der Waals surface area contributed by atoms with Crippen LogP contribution in [0, 0.1) is 34.9 Å². The molecule has 5 heteroatoms. The standard InChI is InChI=1S/C24H27FN2O2/c1-27-20(17-4-2-3-5-19(17)25)6-7-21(27)22(28)10-18-15-8-14-9-16(18)13-24(11-14,12-15)23(26)29/h2-7,14-16,18H,8-13H2,1H3,(H2,26,29). The molecule has 4 aliphatic rings. The van der Waals surface area contributed by atoms with E-state index < -0.39 is 0 Å². The number of carbonyl (C=O) groups excluding carboxylic acids is 2. The van der Waals surface area contributed by atoms with Gasteiger partial charge in [-0.15, -0.1) is 0 Å². The first kappa shape index (κ1) is 18.6. The number of carbonyl (C=O) groups is 2. The summed E-state index contributed by atoms with van der Waals surface area (Å²) in [5.74, 6) is 1.45. The first-order valence-corrected chi connectivity index (χ1v) is 10.6. The molecule has 4 aliphatic carbocycles. The molecule has 0 radical (unpaired) electrons. The fraction of sp³-hybridized carbons (Fsp3) is 0.500. The molecule has 1 amide bonds. The molecule has 4 saturated carbocycles. The lowest BCUT2D eigenvalue weighted by atomic mass is 9.45. The van der Waals surface area contributed by atoms with Gasteiger partial charge < -0.3 is 10.3 Å². The average Bonchev–Trinajstić information content (AvgIpc) is 3.05. The van der Waals surface area contributed by atoms with Gasteiger partial charge in [0.15, 0.2) is 5.78 Å². The Balaban J connectivity index is 1.37. The monoisotopic (exact) mass is 394 g/mol. The number of ketones is 1. The number of hydrogen-bond donors (Lipinski definition) is 1. The molecule has 1 aromatic heterocycles. The van der Waals surface area contributed by atoms with E-state index in [1.165, 1.54) is 6.07 Å². The number of amides is 1. The van der Waals surface area contributed by atoms with Crippen molar-refractivity contribution in [3.63, 3.8) is 0 Å². The Morgan fingerprint density at radius 1 is 1.10 bits per heavy atom. The highest BCUT2D eigenvalue weighted by Gasteiger charge is 2.57. The SMILES string of the molecule is Cn1c(C(=O)CC2C3CC4CC2CC(C(N)=O)(C4)C3)ccc1-c1ccccc1F. The van der Waals surface area contributed by atoms with E-state index in [-0.39, 0.29) is 22.9 Å². The molecule has 0 aliphatic heterocycles. The molecule has 2 unspecified atom stereocenters. The molecule has 29 heavy (non-hydrogen) atoms. The summed E-state index contributed by atoms with van der Waals surface area (Å²) in [5, 5.41) is 0. The summed E-state index contributed by atoms with van der Waals surface area (Å²) < 4.78 is 16.0. The zero-order valence-electron chi connectivity index (χ0n) is 16.7. The molecule has 2 aromatic rings. The van der Waals surface area contributed by atoms with Gasteiger partial charge in [-0.05, 0) is 80.0 Å². The third-order valence-corrected chi connectivity index (χ3v) is 7.97. The number of aromatic nitrogens is 1. The highest BCUT2D eigenvalue weighted by Crippen LogP contribution is 2.62. The minimum absolute atomic E-state index is 0.112. The van der Waals surface area contributed by atoms with Gasteiger partial charge >= 0.3 is 0 Å². The van der Waals surface area contributed by atoms with Crippen LogP contribution in [0.3, 0.4) is 0 Å². The molecule has 4 nitrogen and oxygen atoms in total. The Labute approximate surface area is 170 Å². The van der Waals surface area contributed by atoms with Gasteiger partial charge in [-0.25, -0.2) is 4.39 Å². The summed E-state index contributed by atoms with van der Waals surface area (Å²) in [6.45, 7) is 0. The summed E-state index contributed by atoms with van der Waals surface area (Å²) in [7, 11) is 1.83. The quantitative estimate of drug-likeness (QED) is 0.767. The Kier molecular flexibility index (Phi) is 4.19. The van der Waals surface area contributed by atoms with Gasteiger partial charge in [-0.1, -0.05) is 12.1 Å². The van der Waals surface area contributed by atoms with Crippen LogP contribution in [0.25, 0.3) is 11.3 Å². The number of hydrogen-bond acceptors (Lipinski definition) is 2. The van der Waals surface area contributed by atoms with Crippen LogP contribution in [-0.2, 0) is 11.8 Å². The summed E-state index contributed by atoms with van der Waals surface area (Å²) in [5.41, 5.74) is 7.30. The Hall–Kier alpha value is -2.43. The van der Waals surface area contributed by atoms with Crippen molar-refractivity contribution < 1.29 is 14.0 Å². The number of nitrogens with zero attached hydrogens (tertiary/aromatic N) is 1. The molecule has 2 atom stereocenters. The maximum atomic E-state index is 14.2. The summed E-state index contributed by atoms with van der Waals surface area (Å²) in [4.78, 5) is 25.3. The van der Waals surface area contributed by atoms with Crippen molar-refractivity contribution in [2.75, 3.05) is 0 Å². The number of benzene rings is 1. The third kappa shape index (κ3) is 2.85. The van der Waals surface area contributed by atoms with E-state index in [0.717, 1.165) is 32.1 Å². The number of primary amides is 1. The average molecular weight is 394 g/mol. The summed E-state index contributed by atoms with van der Waals surface area (Å²) in [6.07, 6.45) is 5.39. The normalized spacial score (nSPS) is 32.5. The van der Waals surface area contributed by atoms with Crippen molar-refractivity contribution in [3.8, 4) is 11.3 Å². The van der Waals surface area contributed by atoms with E-state index in [9.17, 15) is 14.0 Å². The molecule has 152 valence electrons. The van der Waals surface area contributed by atoms with Gasteiger partial charge in [0.1, 0.15) is 5.82 Å². The predicted molar refractivity (Wildman–Crippen MR) is 108 cm³/mol. The summed E-state index contributed by atoms with van der Waals surface area (Å²) in [6, 6.07) is 10.3. The third-order valence-electron chi connectivity index (χ3n) is 7.97. The number of rotatable bonds is 5. The van der Waals surface area contributed by atoms with Gasteiger partial charge in [0.2, 0.25) is 5.91 Å². The Bertz CT molecular complexity index is 979. The number of Topliss-reactive ketones (excluding diaryl/α,β-unsaturated/α-hetero) is 1. The highest BCUT2D eigenvalue weighted by atomic mass is 19.1. The van der Waals surface area contributed by atoms with E-state index in [4.69, 9.17) is 5.73 Å². The van der Waals surface area contributed by atoms with Crippen molar-refractivity contribution in [1.29, 1.82) is 0 Å². The fourth-order valence-electron chi connectivity index (χ4n) is 6.81. The van der Waals surface area contributed by atoms with E-state index in [0.29, 0.717) is 47.0 Å². The molecule has 6 rings (SSSR count). The smallest absolute Gasteiger partial charge is 0.223 e. The number of nitrogens with two attached hydrogens (primary N) is 1.